The molecule has 10 aliphatic heterocycles. The van der Waals surface area contributed by atoms with E-state index in [4.69, 9.17) is 97.7 Å². The second-order valence-electron chi connectivity index (χ2n) is 37.9. The molecule has 25 rings (SSSR count). The summed E-state index contributed by atoms with van der Waals surface area (Å²) < 4.78 is 97.4. The highest BCUT2D eigenvalue weighted by Crippen LogP contribution is 2.44. The summed E-state index contributed by atoms with van der Waals surface area (Å²) in [6, 6.07) is 1.67. The van der Waals surface area contributed by atoms with E-state index in [2.05, 4.69) is 107 Å². The Kier molecular flexibility index (Phi) is 25.8. The van der Waals surface area contributed by atoms with Crippen molar-refractivity contribution in [3.8, 4) is 62.9 Å². The minimum Gasteiger partial charge on any atom is -0.465 e. The number of fused-ring (bicyclic) bond motifs is 15. The van der Waals surface area contributed by atoms with Crippen molar-refractivity contribution in [2.45, 2.75) is 177 Å². The van der Waals surface area contributed by atoms with Gasteiger partial charge in [0.1, 0.15) is 57.8 Å². The highest BCUT2D eigenvalue weighted by atomic mass is 19.4. The molecule has 45 heteroatoms. The van der Waals surface area contributed by atoms with Crippen LogP contribution in [0.1, 0.15) is 137 Å². The van der Waals surface area contributed by atoms with Gasteiger partial charge in [-0.25, -0.2) is 110 Å². The summed E-state index contributed by atoms with van der Waals surface area (Å²) in [5.41, 5.74) is 10.3. The normalized spacial score (nSPS) is 18.3. The van der Waals surface area contributed by atoms with Gasteiger partial charge in [0.2, 0.25) is 0 Å². The van der Waals surface area contributed by atoms with Crippen molar-refractivity contribution in [3.05, 3.63) is 119 Å². The van der Waals surface area contributed by atoms with Crippen molar-refractivity contribution in [2.24, 2.45) is 0 Å². The van der Waals surface area contributed by atoms with Crippen LogP contribution in [0.3, 0.4) is 0 Å². The van der Waals surface area contributed by atoms with Crippen LogP contribution in [-0.2, 0) is 95.1 Å². The third-order valence-electron chi connectivity index (χ3n) is 26.7. The Hall–Kier alpha value is -13.5. The zero-order valence-electron chi connectivity index (χ0n) is 81.3. The number of halogens is 3. The number of ether oxygens (including phenoxy) is 8. The van der Waals surface area contributed by atoms with Gasteiger partial charge < -0.3 is 80.7 Å². The standard InChI is InChI=1S/C22H25F3N6O.C20H25N7O2.C19H23N7O2.C18H21N7O.C17H19N7O2/c1-13-11-15(22(23,24)25)14(12-26-13)17-28-18(30-7-9-32-10-8-30)16-19(29-17)31-6-4-5-21(2,3)20(31)27-16;1-12-14(11-21-13(2)22-12)16-24-17(26-5-8-28-9-6-26)15-18(25-16)27-7-10-29-20(3,4)19(27)23-15;1-12-20-10-13(11-21-12)15-23-16(25-4-7-27-8-5-25)14-17(24-15)26-6-9-28-19(2,3)18(26)22-14;1-12-19-10-13(11-20-12)16-22-17(24-6-8-26-9-7-24)15-18(23-16)25-5-3-2-4-14(25)21-15;1-11-18-9-12(10-19-11)14-21-15(23-4-7-25-8-5-23)13-16(22-14)24-3-2-6-26-17(24)20-13/h11-12H,4-10H2,1-3H3;11H,5-10H2,1-4H3;10-11H,4-9H2,1-3H3;10-11H,2-9H2,1H3;9-10H,2-8H2,1H3. The highest BCUT2D eigenvalue weighted by Gasteiger charge is 2.41. The van der Waals surface area contributed by atoms with E-state index < -0.39 is 22.9 Å². The Balaban J connectivity index is 0.000000105. The van der Waals surface area contributed by atoms with E-state index in [1.807, 2.05) is 82.5 Å². The van der Waals surface area contributed by atoms with Crippen LogP contribution in [0.4, 0.5) is 42.3 Å². The lowest BCUT2D eigenvalue weighted by atomic mass is 9.84. The van der Waals surface area contributed by atoms with Crippen molar-refractivity contribution in [2.75, 3.05) is 176 Å². The lowest BCUT2D eigenvalue weighted by Gasteiger charge is -2.30. The molecule has 0 N–H and O–H groups in total. The van der Waals surface area contributed by atoms with E-state index in [1.165, 1.54) is 26.0 Å². The van der Waals surface area contributed by atoms with Crippen LogP contribution in [0.25, 0.3) is 113 Å². The van der Waals surface area contributed by atoms with Gasteiger partial charge in [0.05, 0.1) is 119 Å². The molecule has 0 radical (unpaired) electrons. The Morgan fingerprint density at radius 1 is 0.305 bits per heavy atom. The molecule has 42 nitrogen and oxygen atoms in total. The number of alkyl halides is 3. The number of morpholine rings is 5. The van der Waals surface area contributed by atoms with Crippen LogP contribution in [0.5, 0.6) is 6.01 Å². The fourth-order valence-electron chi connectivity index (χ4n) is 19.3. The largest absolute Gasteiger partial charge is 0.465 e. The van der Waals surface area contributed by atoms with Gasteiger partial charge >= 0.3 is 6.18 Å². The molecular weight excluding hydrogens is 1810 g/mol. The molecular formula is C96H113F3N34O8. The first-order valence-corrected chi connectivity index (χ1v) is 48.4. The number of nitrogens with zero attached hydrogens (tertiary/aromatic N) is 34. The number of aromatic nitrogens is 29. The number of anilines is 5. The second kappa shape index (κ2) is 38.9. The van der Waals surface area contributed by atoms with Crippen molar-refractivity contribution in [1.29, 1.82) is 0 Å². The summed E-state index contributed by atoms with van der Waals surface area (Å²) in [5.74, 6) is 13.2. The monoisotopic (exact) mass is 1930 g/mol. The molecule has 736 valence electrons. The van der Waals surface area contributed by atoms with Crippen molar-refractivity contribution < 1.29 is 51.1 Å². The maximum atomic E-state index is 13.9. The maximum absolute atomic E-state index is 13.9. The van der Waals surface area contributed by atoms with Gasteiger partial charge in [-0.15, -0.1) is 0 Å². The first-order valence-electron chi connectivity index (χ1n) is 48.4. The minimum absolute atomic E-state index is 0.0184. The summed E-state index contributed by atoms with van der Waals surface area (Å²) in [6.07, 6.45) is 15.4. The van der Waals surface area contributed by atoms with E-state index >= 15 is 0 Å². The molecule has 0 spiro atoms. The fourth-order valence-corrected chi connectivity index (χ4v) is 19.3. The van der Waals surface area contributed by atoms with Crippen molar-refractivity contribution in [3.63, 3.8) is 0 Å². The second-order valence-corrected chi connectivity index (χ2v) is 37.9. The van der Waals surface area contributed by atoms with Gasteiger partial charge in [-0.1, -0.05) is 13.8 Å². The molecule has 5 saturated heterocycles. The third-order valence-corrected chi connectivity index (χ3v) is 26.7. The topological polar surface area (TPSA) is 424 Å². The van der Waals surface area contributed by atoms with Crippen molar-refractivity contribution >= 4 is 84.9 Å². The average molecular weight is 1930 g/mol. The van der Waals surface area contributed by atoms with E-state index in [0.29, 0.717) is 151 Å². The average Bonchev–Trinajstić information content (AvgIpc) is 1.90. The Morgan fingerprint density at radius 2 is 0.660 bits per heavy atom. The van der Waals surface area contributed by atoms with Crippen LogP contribution in [0.15, 0.2) is 55.6 Å². The smallest absolute Gasteiger partial charge is 0.417 e. The van der Waals surface area contributed by atoms with Gasteiger partial charge in [-0.3, -0.25) is 9.55 Å². The van der Waals surface area contributed by atoms with Gasteiger partial charge in [0, 0.05) is 171 Å². The molecule has 141 heavy (non-hydrogen) atoms. The zero-order chi connectivity index (χ0) is 97.2. The van der Waals surface area contributed by atoms with Crippen LogP contribution in [0, 0.1) is 41.5 Å². The Labute approximate surface area is 809 Å². The number of imidazole rings is 5. The molecule has 15 aromatic rings. The SMILES string of the molecule is Cc1cc(C(F)(F)F)c(-c2nc(N3CCOCC3)c3nc4n(c3n2)CCCC4(C)C)cn1.Cc1ncc(-c2nc(N3CCOCC3)c3nc4n(c3n2)CCCC4)cn1.Cc1ncc(-c2nc(N3CCOCC3)c3nc4n(c3n2)CCCO4)cn1.Cc1ncc(-c2nc(N3CCOCC3)c3nc4n(c3n2)CCOC4(C)C)c(C)n1.Cc1ncc(-c2nc(N3CCOCC3)c3nc4n(c3n2)CCOC4(C)C)cn1. The molecule has 0 bridgehead atoms. The molecule has 10 aliphatic rings. The summed E-state index contributed by atoms with van der Waals surface area (Å²) >= 11 is 0. The minimum atomic E-state index is -4.54. The first kappa shape index (κ1) is 93.8. The highest BCUT2D eigenvalue weighted by molar-refractivity contribution is 5.91. The van der Waals surface area contributed by atoms with Gasteiger partial charge in [-0.05, 0) is 107 Å². The summed E-state index contributed by atoms with van der Waals surface area (Å²) in [7, 11) is 0. The predicted octanol–water partition coefficient (Wildman–Crippen LogP) is 10.8. The Morgan fingerprint density at radius 3 is 1.09 bits per heavy atom. The molecule has 0 saturated carbocycles. The first-order chi connectivity index (χ1) is 68.2. The lowest BCUT2D eigenvalue weighted by molar-refractivity contribution is -0.137. The number of pyridine rings is 1. The van der Waals surface area contributed by atoms with E-state index in [1.54, 1.807) is 37.2 Å². The quantitative estimate of drug-likeness (QED) is 0.123. The molecule has 0 aromatic carbocycles. The molecule has 0 amide bonds. The molecule has 15 aromatic heterocycles. The van der Waals surface area contributed by atoms with Gasteiger partial charge in [0.15, 0.2) is 114 Å². The van der Waals surface area contributed by atoms with Crippen LogP contribution < -0.4 is 29.2 Å². The molecule has 25 heterocycles. The summed E-state index contributed by atoms with van der Waals surface area (Å²) in [5, 5.41) is 0. The Bertz CT molecular complexity index is 6980. The molecule has 5 fully saturated rings. The number of hydrogen-bond acceptors (Lipinski definition) is 37. The summed E-state index contributed by atoms with van der Waals surface area (Å²) in [6.45, 7) is 43.4. The number of rotatable bonds is 10. The lowest BCUT2D eigenvalue weighted by Crippen LogP contribution is -2.37. The molecule has 0 unspecified atom stereocenters. The van der Waals surface area contributed by atoms with Crippen molar-refractivity contribution in [1.82, 2.24) is 142 Å². The zero-order valence-corrected chi connectivity index (χ0v) is 81.3. The van der Waals surface area contributed by atoms with E-state index in [9.17, 15) is 13.2 Å². The number of hydrogen-bond donors (Lipinski definition) is 0. The molecule has 0 aliphatic carbocycles. The molecule has 0 atom stereocenters. The van der Waals surface area contributed by atoms with Gasteiger partial charge in [-0.2, -0.15) is 18.2 Å². The van der Waals surface area contributed by atoms with Crippen LogP contribution in [0.2, 0.25) is 0 Å². The summed E-state index contributed by atoms with van der Waals surface area (Å²) in [4.78, 5) is 122. The maximum Gasteiger partial charge on any atom is 0.417 e. The van der Waals surface area contributed by atoms with Gasteiger partial charge in [0.25, 0.3) is 6.01 Å². The number of aryl methyl sites for hydroxylation is 10. The third kappa shape index (κ3) is 19.0. The predicted molar refractivity (Wildman–Crippen MR) is 516 cm³/mol. The van der Waals surface area contributed by atoms with E-state index in [0.717, 1.165) is 259 Å². The van der Waals surface area contributed by atoms with Crippen LogP contribution >= 0.6 is 0 Å². The van der Waals surface area contributed by atoms with E-state index in [-0.39, 0.29) is 16.8 Å². The fraction of sp³-hybridized carbons (Fsp3) is 0.521. The van der Waals surface area contributed by atoms with Crippen LogP contribution in [-0.4, -0.2) is 294 Å².